The van der Waals surface area contributed by atoms with E-state index in [1.54, 1.807) is 32.0 Å². The van der Waals surface area contributed by atoms with E-state index in [0.29, 0.717) is 46.8 Å². The van der Waals surface area contributed by atoms with Crippen LogP contribution in [0.5, 0.6) is 0 Å². The van der Waals surface area contributed by atoms with Gasteiger partial charge in [0.1, 0.15) is 6.04 Å². The van der Waals surface area contributed by atoms with Gasteiger partial charge in [-0.1, -0.05) is 29.0 Å². The molecule has 0 spiro atoms. The molecule has 1 saturated heterocycles. The summed E-state index contributed by atoms with van der Waals surface area (Å²) in [6.07, 6.45) is 1.06. The quantitative estimate of drug-likeness (QED) is 0.567. The Morgan fingerprint density at radius 3 is 2.45 bits per heavy atom. The highest BCUT2D eigenvalue weighted by molar-refractivity contribution is 7.89. The Labute approximate surface area is 197 Å². The molecule has 2 aromatic carbocycles. The topological polar surface area (TPSA) is 108 Å². The molecule has 1 aliphatic heterocycles. The van der Waals surface area contributed by atoms with Crippen LogP contribution >= 0.6 is 11.3 Å². The maximum absolute atomic E-state index is 13.5. The van der Waals surface area contributed by atoms with Crippen LogP contribution in [0.15, 0.2) is 35.2 Å². The second-order valence-corrected chi connectivity index (χ2v) is 11.2. The lowest BCUT2D eigenvalue weighted by molar-refractivity contribution is -0.119. The molecule has 1 aliphatic rings. The standard InChI is InChI=1S/C23H26N4O4S2/c1-13-10-14(2)21(15(3)11-13)33(30,31)27-9-5-6-19(27)22(29)26-23-25-18-8-7-17(24-16(4)28)12-20(18)32-23/h7-8,10-12,19H,5-6,9H2,1-4H3,(H,24,28)(H,25,26,29). The molecule has 8 nitrogen and oxygen atoms in total. The van der Waals surface area contributed by atoms with Crippen molar-refractivity contribution in [1.29, 1.82) is 0 Å². The molecule has 4 rings (SSSR count). The molecule has 1 atom stereocenters. The van der Waals surface area contributed by atoms with Gasteiger partial charge >= 0.3 is 0 Å². The first-order valence-electron chi connectivity index (χ1n) is 10.6. The Balaban J connectivity index is 1.58. The van der Waals surface area contributed by atoms with Gasteiger partial charge in [-0.2, -0.15) is 4.31 Å². The molecular formula is C23H26N4O4S2. The van der Waals surface area contributed by atoms with Gasteiger partial charge in [-0.15, -0.1) is 0 Å². The van der Waals surface area contributed by atoms with Crippen molar-refractivity contribution in [3.63, 3.8) is 0 Å². The number of carbonyl (C=O) groups excluding carboxylic acids is 2. The summed E-state index contributed by atoms with van der Waals surface area (Å²) in [6.45, 7) is 7.24. The maximum atomic E-state index is 13.5. The minimum atomic E-state index is -3.83. The molecule has 1 fully saturated rings. The molecule has 2 N–H and O–H groups in total. The molecule has 0 bridgehead atoms. The number of hydrogen-bond acceptors (Lipinski definition) is 6. The second-order valence-electron chi connectivity index (χ2n) is 8.37. The first-order chi connectivity index (χ1) is 15.6. The fourth-order valence-electron chi connectivity index (χ4n) is 4.43. The highest BCUT2D eigenvalue weighted by Crippen LogP contribution is 2.33. The lowest BCUT2D eigenvalue weighted by atomic mass is 10.1. The number of amides is 2. The number of sulfonamides is 1. The van der Waals surface area contributed by atoms with E-state index in [2.05, 4.69) is 15.6 Å². The number of benzene rings is 2. The first-order valence-corrected chi connectivity index (χ1v) is 12.9. The number of nitrogens with zero attached hydrogens (tertiary/aromatic N) is 2. The van der Waals surface area contributed by atoms with Crippen LogP contribution in [0.25, 0.3) is 10.2 Å². The summed E-state index contributed by atoms with van der Waals surface area (Å²) in [6, 6.07) is 8.20. The number of rotatable bonds is 5. The predicted molar refractivity (Wildman–Crippen MR) is 130 cm³/mol. The molecule has 174 valence electrons. The van der Waals surface area contributed by atoms with Gasteiger partial charge in [0.25, 0.3) is 0 Å². The molecule has 1 unspecified atom stereocenters. The lowest BCUT2D eigenvalue weighted by Crippen LogP contribution is -2.43. The smallest absolute Gasteiger partial charge is 0.244 e. The maximum Gasteiger partial charge on any atom is 0.244 e. The van der Waals surface area contributed by atoms with Gasteiger partial charge in [0.2, 0.25) is 21.8 Å². The number of aromatic nitrogens is 1. The summed E-state index contributed by atoms with van der Waals surface area (Å²) in [4.78, 5) is 29.1. The lowest BCUT2D eigenvalue weighted by Gasteiger charge is -2.25. The fraction of sp³-hybridized carbons (Fsp3) is 0.348. The van der Waals surface area contributed by atoms with E-state index in [1.807, 2.05) is 19.1 Å². The van der Waals surface area contributed by atoms with Crippen LogP contribution in [0.1, 0.15) is 36.5 Å². The van der Waals surface area contributed by atoms with E-state index in [1.165, 1.54) is 22.6 Å². The van der Waals surface area contributed by atoms with Crippen LogP contribution in [0.4, 0.5) is 10.8 Å². The molecule has 3 aromatic rings. The number of fused-ring (bicyclic) bond motifs is 1. The first kappa shape index (κ1) is 23.3. The largest absolute Gasteiger partial charge is 0.326 e. The van der Waals surface area contributed by atoms with Crippen molar-refractivity contribution in [3.05, 3.63) is 47.0 Å². The molecule has 2 heterocycles. The van der Waals surface area contributed by atoms with Crippen molar-refractivity contribution >= 4 is 54.2 Å². The second kappa shape index (κ2) is 8.85. The number of carbonyl (C=O) groups is 2. The third-order valence-electron chi connectivity index (χ3n) is 5.62. The van der Waals surface area contributed by atoms with Crippen molar-refractivity contribution in [3.8, 4) is 0 Å². The molecule has 2 amide bonds. The average molecular weight is 487 g/mol. The van der Waals surface area contributed by atoms with Gasteiger partial charge in [-0.05, 0) is 62.9 Å². The number of aryl methyl sites for hydroxylation is 3. The van der Waals surface area contributed by atoms with Crippen molar-refractivity contribution in [2.75, 3.05) is 17.2 Å². The minimum absolute atomic E-state index is 0.172. The van der Waals surface area contributed by atoms with E-state index in [9.17, 15) is 18.0 Å². The third kappa shape index (κ3) is 4.64. The highest BCUT2D eigenvalue weighted by Gasteiger charge is 2.40. The monoisotopic (exact) mass is 486 g/mol. The van der Waals surface area contributed by atoms with Gasteiger partial charge in [-0.25, -0.2) is 13.4 Å². The summed E-state index contributed by atoms with van der Waals surface area (Å²) in [5.74, 6) is -0.561. The van der Waals surface area contributed by atoms with Crippen molar-refractivity contribution in [2.45, 2.75) is 51.5 Å². The van der Waals surface area contributed by atoms with Crippen LogP contribution in [0, 0.1) is 20.8 Å². The summed E-state index contributed by atoms with van der Waals surface area (Å²) in [5.41, 5.74) is 3.69. The number of nitrogens with one attached hydrogen (secondary N) is 2. The fourth-order valence-corrected chi connectivity index (χ4v) is 7.41. The molecule has 10 heteroatoms. The van der Waals surface area contributed by atoms with Gasteiger partial charge < -0.3 is 10.6 Å². The number of hydrogen-bond donors (Lipinski definition) is 2. The molecule has 1 aromatic heterocycles. The zero-order valence-electron chi connectivity index (χ0n) is 18.9. The van der Waals surface area contributed by atoms with Crippen LogP contribution in [0.2, 0.25) is 0 Å². The minimum Gasteiger partial charge on any atom is -0.326 e. The summed E-state index contributed by atoms with van der Waals surface area (Å²) < 4.78 is 29.2. The Morgan fingerprint density at radius 2 is 1.79 bits per heavy atom. The van der Waals surface area contributed by atoms with Crippen LogP contribution in [-0.4, -0.2) is 42.1 Å². The van der Waals surface area contributed by atoms with Gasteiger partial charge in [0.05, 0.1) is 15.1 Å². The highest BCUT2D eigenvalue weighted by atomic mass is 32.2. The molecular weight excluding hydrogens is 460 g/mol. The summed E-state index contributed by atoms with van der Waals surface area (Å²) >= 11 is 1.27. The SMILES string of the molecule is CC(=O)Nc1ccc2nc(NC(=O)C3CCCN3S(=O)(=O)c3c(C)cc(C)cc3C)sc2c1. The normalized spacial score (nSPS) is 16.8. The van der Waals surface area contributed by atoms with E-state index >= 15 is 0 Å². The zero-order valence-corrected chi connectivity index (χ0v) is 20.6. The van der Waals surface area contributed by atoms with Gasteiger partial charge in [-0.3, -0.25) is 9.59 Å². The third-order valence-corrected chi connectivity index (χ3v) is 8.76. The number of anilines is 2. The average Bonchev–Trinajstić information content (AvgIpc) is 3.33. The van der Waals surface area contributed by atoms with Gasteiger partial charge in [0, 0.05) is 19.2 Å². The van der Waals surface area contributed by atoms with E-state index in [0.717, 1.165) is 10.3 Å². The predicted octanol–water partition coefficient (Wildman–Crippen LogP) is 3.97. The van der Waals surface area contributed by atoms with E-state index in [4.69, 9.17) is 0 Å². The van der Waals surface area contributed by atoms with Crippen LogP contribution in [0.3, 0.4) is 0 Å². The summed E-state index contributed by atoms with van der Waals surface area (Å²) in [5, 5.41) is 5.91. The Hall–Kier alpha value is -2.82. The van der Waals surface area contributed by atoms with Gasteiger partial charge in [0.15, 0.2) is 5.13 Å². The van der Waals surface area contributed by atoms with Crippen molar-refractivity contribution in [1.82, 2.24) is 9.29 Å². The van der Waals surface area contributed by atoms with Crippen molar-refractivity contribution in [2.24, 2.45) is 0 Å². The zero-order chi connectivity index (χ0) is 23.9. The van der Waals surface area contributed by atoms with Crippen LogP contribution < -0.4 is 10.6 Å². The van der Waals surface area contributed by atoms with E-state index < -0.39 is 16.1 Å². The Kier molecular flexibility index (Phi) is 6.26. The van der Waals surface area contributed by atoms with Crippen molar-refractivity contribution < 1.29 is 18.0 Å². The van der Waals surface area contributed by atoms with E-state index in [-0.39, 0.29) is 16.7 Å². The summed E-state index contributed by atoms with van der Waals surface area (Å²) in [7, 11) is -3.83. The number of thiazole rings is 1. The Bertz CT molecular complexity index is 1340. The molecule has 0 aliphatic carbocycles. The molecule has 33 heavy (non-hydrogen) atoms. The molecule has 0 saturated carbocycles. The molecule has 0 radical (unpaired) electrons. The Morgan fingerprint density at radius 1 is 1.09 bits per heavy atom. The van der Waals surface area contributed by atoms with Crippen LogP contribution in [-0.2, 0) is 19.6 Å².